The van der Waals surface area contributed by atoms with Gasteiger partial charge in [0.25, 0.3) is 5.91 Å². The first-order valence-corrected chi connectivity index (χ1v) is 6.92. The van der Waals surface area contributed by atoms with Crippen LogP contribution < -0.4 is 15.4 Å². The molecule has 2 aromatic carbocycles. The summed E-state index contributed by atoms with van der Waals surface area (Å²) < 4.78 is 18.6. The lowest BCUT2D eigenvalue weighted by Gasteiger charge is -2.09. The van der Waals surface area contributed by atoms with Crippen LogP contribution in [0.1, 0.15) is 11.1 Å². The predicted octanol–water partition coefficient (Wildman–Crippen LogP) is 2.58. The molecule has 3 rings (SSSR count). The van der Waals surface area contributed by atoms with E-state index < -0.39 is 11.9 Å². The number of rotatable bonds is 4. The third-order valence-electron chi connectivity index (χ3n) is 3.25. The topological polar surface area (TPSA) is 67.4 Å². The summed E-state index contributed by atoms with van der Waals surface area (Å²) in [5, 5.41) is 4.56. The summed E-state index contributed by atoms with van der Waals surface area (Å²) in [6.45, 7) is 0.263. The van der Waals surface area contributed by atoms with Gasteiger partial charge in [-0.1, -0.05) is 30.3 Å². The molecule has 1 heterocycles. The molecule has 1 aliphatic heterocycles. The van der Waals surface area contributed by atoms with Gasteiger partial charge in [-0.05, 0) is 29.8 Å². The van der Waals surface area contributed by atoms with E-state index in [0.717, 1.165) is 5.56 Å². The monoisotopic (exact) mass is 312 g/mol. The van der Waals surface area contributed by atoms with Crippen molar-refractivity contribution in [1.29, 1.82) is 0 Å². The van der Waals surface area contributed by atoms with Crippen LogP contribution >= 0.6 is 0 Å². The third-order valence-corrected chi connectivity index (χ3v) is 3.25. The molecular formula is C17H13FN2O3. The molecule has 0 saturated carbocycles. The molecule has 0 unspecified atom stereocenters. The number of para-hydroxylation sites is 1. The molecule has 0 spiro atoms. The van der Waals surface area contributed by atoms with Crippen molar-refractivity contribution < 1.29 is 18.7 Å². The second-order valence-electron chi connectivity index (χ2n) is 4.92. The highest BCUT2D eigenvalue weighted by Gasteiger charge is 2.23. The number of amides is 3. The fourth-order valence-corrected chi connectivity index (χ4v) is 2.11. The average molecular weight is 312 g/mol. The van der Waals surface area contributed by atoms with Crippen LogP contribution in [0.25, 0.3) is 6.08 Å². The number of benzene rings is 2. The van der Waals surface area contributed by atoms with E-state index in [1.807, 2.05) is 0 Å². The lowest BCUT2D eigenvalue weighted by Crippen LogP contribution is -2.22. The molecule has 116 valence electrons. The van der Waals surface area contributed by atoms with E-state index in [9.17, 15) is 14.0 Å². The van der Waals surface area contributed by atoms with Gasteiger partial charge in [0.1, 0.15) is 23.9 Å². The number of hydrogen-bond donors (Lipinski definition) is 2. The number of imide groups is 1. The molecule has 0 aromatic heterocycles. The highest BCUT2D eigenvalue weighted by atomic mass is 19.1. The Morgan fingerprint density at radius 2 is 1.74 bits per heavy atom. The Labute approximate surface area is 131 Å². The van der Waals surface area contributed by atoms with Crippen LogP contribution in [0.2, 0.25) is 0 Å². The zero-order valence-corrected chi connectivity index (χ0v) is 12.0. The minimum atomic E-state index is -0.550. The predicted molar refractivity (Wildman–Crippen MR) is 81.8 cm³/mol. The maximum absolute atomic E-state index is 12.9. The molecule has 0 radical (unpaired) electrons. The van der Waals surface area contributed by atoms with Crippen LogP contribution in [0.4, 0.5) is 9.18 Å². The van der Waals surface area contributed by atoms with Crippen molar-refractivity contribution in [2.24, 2.45) is 0 Å². The molecule has 6 heteroatoms. The summed E-state index contributed by atoms with van der Waals surface area (Å²) >= 11 is 0. The zero-order valence-electron chi connectivity index (χ0n) is 12.0. The Morgan fingerprint density at radius 1 is 1.00 bits per heavy atom. The minimum Gasteiger partial charge on any atom is -0.488 e. The van der Waals surface area contributed by atoms with Crippen LogP contribution in [-0.4, -0.2) is 11.9 Å². The van der Waals surface area contributed by atoms with E-state index in [-0.39, 0.29) is 18.1 Å². The summed E-state index contributed by atoms with van der Waals surface area (Å²) in [6.07, 6.45) is 1.54. The van der Waals surface area contributed by atoms with Crippen molar-refractivity contribution in [2.75, 3.05) is 0 Å². The molecule has 1 aliphatic rings. The maximum atomic E-state index is 12.9. The van der Waals surface area contributed by atoms with E-state index in [1.165, 1.54) is 12.1 Å². The van der Waals surface area contributed by atoms with Crippen LogP contribution in [0.15, 0.2) is 54.2 Å². The number of ether oxygens (including phenoxy) is 1. The van der Waals surface area contributed by atoms with E-state index in [0.29, 0.717) is 11.3 Å². The minimum absolute atomic E-state index is 0.160. The normalized spacial score (nSPS) is 15.4. The summed E-state index contributed by atoms with van der Waals surface area (Å²) in [5.74, 6) is -0.233. The number of hydrogen-bond acceptors (Lipinski definition) is 3. The largest absolute Gasteiger partial charge is 0.488 e. The lowest BCUT2D eigenvalue weighted by atomic mass is 10.1. The lowest BCUT2D eigenvalue weighted by molar-refractivity contribution is -0.115. The van der Waals surface area contributed by atoms with Gasteiger partial charge in [0, 0.05) is 5.56 Å². The van der Waals surface area contributed by atoms with Gasteiger partial charge < -0.3 is 10.1 Å². The maximum Gasteiger partial charge on any atom is 0.326 e. The Kier molecular flexibility index (Phi) is 4.05. The molecule has 0 bridgehead atoms. The molecule has 23 heavy (non-hydrogen) atoms. The molecule has 2 N–H and O–H groups in total. The first-order valence-electron chi connectivity index (χ1n) is 6.92. The Hall–Kier alpha value is -3.15. The van der Waals surface area contributed by atoms with Gasteiger partial charge in [-0.3, -0.25) is 10.1 Å². The van der Waals surface area contributed by atoms with Gasteiger partial charge in [-0.25, -0.2) is 9.18 Å². The quantitative estimate of drug-likeness (QED) is 0.673. The molecule has 1 saturated heterocycles. The van der Waals surface area contributed by atoms with Crippen molar-refractivity contribution in [3.05, 3.63) is 71.2 Å². The second kappa shape index (κ2) is 6.31. The SMILES string of the molecule is O=C1NC(=O)C(=Cc2ccccc2OCc2ccc(F)cc2)N1. The van der Waals surface area contributed by atoms with Gasteiger partial charge in [-0.2, -0.15) is 0 Å². The van der Waals surface area contributed by atoms with Crippen LogP contribution in [0.3, 0.4) is 0 Å². The third kappa shape index (κ3) is 3.55. The van der Waals surface area contributed by atoms with Gasteiger partial charge in [0.15, 0.2) is 0 Å². The molecule has 5 nitrogen and oxygen atoms in total. The van der Waals surface area contributed by atoms with Crippen molar-refractivity contribution in [1.82, 2.24) is 10.6 Å². The van der Waals surface area contributed by atoms with Crippen molar-refractivity contribution in [3.63, 3.8) is 0 Å². The fraction of sp³-hybridized carbons (Fsp3) is 0.0588. The van der Waals surface area contributed by atoms with E-state index in [1.54, 1.807) is 42.5 Å². The van der Waals surface area contributed by atoms with Gasteiger partial charge in [0.05, 0.1) is 0 Å². The van der Waals surface area contributed by atoms with Crippen LogP contribution in [0.5, 0.6) is 5.75 Å². The van der Waals surface area contributed by atoms with Crippen molar-refractivity contribution in [2.45, 2.75) is 6.61 Å². The average Bonchev–Trinajstić information content (AvgIpc) is 2.86. The van der Waals surface area contributed by atoms with Crippen LogP contribution in [0, 0.1) is 5.82 Å². The molecular weight excluding hydrogens is 299 g/mol. The summed E-state index contributed by atoms with van der Waals surface area (Å²) in [5.41, 5.74) is 1.63. The van der Waals surface area contributed by atoms with Crippen LogP contribution in [-0.2, 0) is 11.4 Å². The molecule has 3 amide bonds. The number of urea groups is 1. The highest BCUT2D eigenvalue weighted by molar-refractivity contribution is 6.14. The summed E-state index contributed by atoms with van der Waals surface area (Å²) in [7, 11) is 0. The van der Waals surface area contributed by atoms with E-state index in [2.05, 4.69) is 10.6 Å². The molecule has 1 fully saturated rings. The van der Waals surface area contributed by atoms with Gasteiger partial charge >= 0.3 is 6.03 Å². The number of carbonyl (C=O) groups is 2. The standard InChI is InChI=1S/C17H13FN2O3/c18-13-7-5-11(6-8-13)10-23-15-4-2-1-3-12(15)9-14-16(21)20-17(22)19-14/h1-9H,10H2,(H2,19,20,21,22). The fourth-order valence-electron chi connectivity index (χ4n) is 2.11. The second-order valence-corrected chi connectivity index (χ2v) is 4.92. The van der Waals surface area contributed by atoms with Gasteiger partial charge in [0.2, 0.25) is 0 Å². The molecule has 0 aliphatic carbocycles. The van der Waals surface area contributed by atoms with Crippen molar-refractivity contribution in [3.8, 4) is 5.75 Å². The van der Waals surface area contributed by atoms with Gasteiger partial charge in [-0.15, -0.1) is 0 Å². The zero-order chi connectivity index (χ0) is 16.2. The molecule has 2 aromatic rings. The number of halogens is 1. The number of nitrogens with one attached hydrogen (secondary N) is 2. The number of carbonyl (C=O) groups excluding carboxylic acids is 2. The van der Waals surface area contributed by atoms with E-state index >= 15 is 0 Å². The smallest absolute Gasteiger partial charge is 0.326 e. The first kappa shape index (κ1) is 14.8. The first-order chi connectivity index (χ1) is 11.1. The Balaban J connectivity index is 1.78. The summed E-state index contributed by atoms with van der Waals surface area (Å²) in [6, 6.07) is 12.6. The summed E-state index contributed by atoms with van der Waals surface area (Å²) in [4.78, 5) is 22.7. The molecule has 0 atom stereocenters. The Morgan fingerprint density at radius 3 is 2.43 bits per heavy atom. The highest BCUT2D eigenvalue weighted by Crippen LogP contribution is 2.22. The van der Waals surface area contributed by atoms with E-state index in [4.69, 9.17) is 4.74 Å². The van der Waals surface area contributed by atoms with Crippen molar-refractivity contribution >= 4 is 18.0 Å². The Bertz CT molecular complexity index is 785.